The molecular formula is C18H30N2O4. The monoisotopic (exact) mass is 338 g/mol. The van der Waals surface area contributed by atoms with Gasteiger partial charge in [-0.3, -0.25) is 4.79 Å². The molecule has 3 aliphatic rings. The van der Waals surface area contributed by atoms with Gasteiger partial charge in [-0.25, -0.2) is 4.79 Å². The number of aliphatic carboxylic acids is 1. The maximum absolute atomic E-state index is 12.8. The Morgan fingerprint density at radius 3 is 2.29 bits per heavy atom. The summed E-state index contributed by atoms with van der Waals surface area (Å²) in [4.78, 5) is 25.7. The number of nitrogens with one attached hydrogen (secondary N) is 1. The smallest absolute Gasteiger partial charge is 0.317 e. The van der Waals surface area contributed by atoms with Crippen molar-refractivity contribution in [2.24, 2.45) is 5.92 Å². The molecule has 2 aliphatic carbocycles. The van der Waals surface area contributed by atoms with Crippen LogP contribution in [0, 0.1) is 5.92 Å². The summed E-state index contributed by atoms with van der Waals surface area (Å²) in [5, 5.41) is 12.2. The van der Waals surface area contributed by atoms with E-state index in [4.69, 9.17) is 9.84 Å². The highest BCUT2D eigenvalue weighted by molar-refractivity contribution is 5.75. The molecule has 0 atom stereocenters. The summed E-state index contributed by atoms with van der Waals surface area (Å²) < 4.78 is 6.35. The minimum atomic E-state index is -0.710. The number of urea groups is 1. The Bertz CT molecular complexity index is 491. The van der Waals surface area contributed by atoms with Crippen LogP contribution in [0.2, 0.25) is 0 Å². The van der Waals surface area contributed by atoms with Crippen molar-refractivity contribution in [3.05, 3.63) is 0 Å². The fourth-order valence-electron chi connectivity index (χ4n) is 4.69. The molecule has 1 saturated heterocycles. The number of carboxylic acids is 1. The van der Waals surface area contributed by atoms with Gasteiger partial charge in [-0.2, -0.15) is 0 Å². The van der Waals surface area contributed by atoms with E-state index in [0.717, 1.165) is 25.7 Å². The number of carbonyl (C=O) groups excluding carboxylic acids is 1. The van der Waals surface area contributed by atoms with Crippen molar-refractivity contribution in [3.8, 4) is 0 Å². The lowest BCUT2D eigenvalue weighted by Gasteiger charge is -2.49. The van der Waals surface area contributed by atoms with E-state index >= 15 is 0 Å². The molecule has 2 saturated carbocycles. The minimum Gasteiger partial charge on any atom is -0.481 e. The summed E-state index contributed by atoms with van der Waals surface area (Å²) in [6, 6.07) is 0.0787. The highest BCUT2D eigenvalue weighted by atomic mass is 16.5. The molecule has 0 aromatic heterocycles. The Morgan fingerprint density at radius 2 is 1.71 bits per heavy atom. The van der Waals surface area contributed by atoms with Crippen molar-refractivity contribution in [1.82, 2.24) is 10.2 Å². The number of carbonyl (C=O) groups is 2. The normalized spacial score (nSPS) is 31.8. The number of nitrogens with zero attached hydrogens (tertiary/aromatic N) is 1. The van der Waals surface area contributed by atoms with E-state index in [9.17, 15) is 9.59 Å². The number of rotatable bonds is 2. The van der Waals surface area contributed by atoms with E-state index in [1.807, 2.05) is 4.90 Å². The first-order chi connectivity index (χ1) is 11.3. The average molecular weight is 338 g/mol. The van der Waals surface area contributed by atoms with Crippen molar-refractivity contribution in [1.29, 1.82) is 0 Å². The zero-order valence-corrected chi connectivity index (χ0v) is 14.8. The molecular weight excluding hydrogens is 308 g/mol. The zero-order valence-electron chi connectivity index (χ0n) is 14.8. The maximum Gasteiger partial charge on any atom is 0.317 e. The number of carboxylic acid groups (broad SMARTS) is 1. The fraction of sp³-hybridized carbons (Fsp3) is 0.889. The first-order valence-corrected chi connectivity index (χ1v) is 9.27. The Balaban J connectivity index is 1.57. The van der Waals surface area contributed by atoms with Crippen molar-refractivity contribution in [2.45, 2.75) is 82.5 Å². The van der Waals surface area contributed by atoms with Gasteiger partial charge in [-0.05, 0) is 52.4 Å². The molecule has 0 bridgehead atoms. The van der Waals surface area contributed by atoms with Gasteiger partial charge in [-0.1, -0.05) is 12.8 Å². The van der Waals surface area contributed by atoms with Gasteiger partial charge in [0.2, 0.25) is 0 Å². The van der Waals surface area contributed by atoms with E-state index < -0.39 is 5.97 Å². The largest absolute Gasteiger partial charge is 0.481 e. The molecule has 1 spiro atoms. The van der Waals surface area contributed by atoms with Crippen molar-refractivity contribution in [2.75, 3.05) is 13.1 Å². The summed E-state index contributed by atoms with van der Waals surface area (Å²) in [7, 11) is 0. The number of hydrogen-bond donors (Lipinski definition) is 2. The van der Waals surface area contributed by atoms with Crippen LogP contribution in [0.4, 0.5) is 4.79 Å². The molecule has 1 aliphatic heterocycles. The van der Waals surface area contributed by atoms with Crippen LogP contribution in [-0.4, -0.2) is 52.3 Å². The second-order valence-electron chi connectivity index (χ2n) is 8.44. The number of morpholine rings is 1. The van der Waals surface area contributed by atoms with Crippen molar-refractivity contribution >= 4 is 12.0 Å². The van der Waals surface area contributed by atoms with Gasteiger partial charge in [0.05, 0.1) is 30.2 Å². The molecule has 3 fully saturated rings. The van der Waals surface area contributed by atoms with E-state index in [0.29, 0.717) is 25.9 Å². The van der Waals surface area contributed by atoms with Gasteiger partial charge in [0.1, 0.15) is 0 Å². The lowest BCUT2D eigenvalue weighted by molar-refractivity contribution is -0.184. The van der Waals surface area contributed by atoms with E-state index in [1.165, 1.54) is 12.8 Å². The SMILES string of the molecule is CC1(C)CN(C(=O)NC2CCC(C(=O)O)CC2)CC2(CCCC2)O1. The lowest BCUT2D eigenvalue weighted by Crippen LogP contribution is -2.62. The van der Waals surface area contributed by atoms with Crippen molar-refractivity contribution < 1.29 is 19.4 Å². The third-order valence-electron chi connectivity index (χ3n) is 5.75. The van der Waals surface area contributed by atoms with Gasteiger partial charge in [0, 0.05) is 6.04 Å². The number of ether oxygens (including phenoxy) is 1. The standard InChI is InChI=1S/C18H30N2O4/c1-17(2)11-20(12-18(24-17)9-3-4-10-18)16(23)19-14-7-5-13(6-8-14)15(21)22/h13-14H,3-12H2,1-2H3,(H,19,23)(H,21,22). The zero-order chi connectivity index (χ0) is 17.4. The van der Waals surface area contributed by atoms with Crippen LogP contribution in [0.25, 0.3) is 0 Å². The number of hydrogen-bond acceptors (Lipinski definition) is 3. The van der Waals surface area contributed by atoms with Gasteiger partial charge in [-0.15, -0.1) is 0 Å². The van der Waals surface area contributed by atoms with Crippen molar-refractivity contribution in [3.63, 3.8) is 0 Å². The molecule has 136 valence electrons. The van der Waals surface area contributed by atoms with Crippen LogP contribution >= 0.6 is 0 Å². The van der Waals surface area contributed by atoms with Crippen LogP contribution in [0.1, 0.15) is 65.2 Å². The summed E-state index contributed by atoms with van der Waals surface area (Å²) in [5.74, 6) is -0.958. The minimum absolute atomic E-state index is 0.0172. The molecule has 0 aromatic carbocycles. The van der Waals surface area contributed by atoms with Gasteiger partial charge in [0.15, 0.2) is 0 Å². The maximum atomic E-state index is 12.8. The topological polar surface area (TPSA) is 78.9 Å². The Morgan fingerprint density at radius 1 is 1.08 bits per heavy atom. The van der Waals surface area contributed by atoms with Crippen LogP contribution in [-0.2, 0) is 9.53 Å². The molecule has 0 aromatic rings. The summed E-state index contributed by atoms with van der Waals surface area (Å²) >= 11 is 0. The molecule has 6 heteroatoms. The molecule has 2 amide bonds. The molecule has 24 heavy (non-hydrogen) atoms. The van der Waals surface area contributed by atoms with Gasteiger partial charge < -0.3 is 20.1 Å². The third-order valence-corrected chi connectivity index (χ3v) is 5.75. The second kappa shape index (κ2) is 6.54. The second-order valence-corrected chi connectivity index (χ2v) is 8.44. The lowest BCUT2D eigenvalue weighted by atomic mass is 9.86. The molecule has 0 radical (unpaired) electrons. The highest BCUT2D eigenvalue weighted by Crippen LogP contribution is 2.40. The Kier molecular flexibility index (Phi) is 4.78. The summed E-state index contributed by atoms with van der Waals surface area (Å²) in [6.45, 7) is 5.40. The van der Waals surface area contributed by atoms with Crippen LogP contribution in [0.3, 0.4) is 0 Å². The van der Waals surface area contributed by atoms with Gasteiger partial charge >= 0.3 is 12.0 Å². The first-order valence-electron chi connectivity index (χ1n) is 9.27. The Labute approximate surface area is 143 Å². The molecule has 6 nitrogen and oxygen atoms in total. The van der Waals surface area contributed by atoms with Crippen LogP contribution in [0.15, 0.2) is 0 Å². The average Bonchev–Trinajstić information content (AvgIpc) is 2.93. The molecule has 3 rings (SSSR count). The van der Waals surface area contributed by atoms with Gasteiger partial charge in [0.25, 0.3) is 0 Å². The fourth-order valence-corrected chi connectivity index (χ4v) is 4.69. The third kappa shape index (κ3) is 3.85. The van der Waals surface area contributed by atoms with E-state index in [2.05, 4.69) is 19.2 Å². The van der Waals surface area contributed by atoms with Crippen LogP contribution < -0.4 is 5.32 Å². The highest BCUT2D eigenvalue weighted by Gasteiger charge is 2.47. The molecule has 0 unspecified atom stereocenters. The first kappa shape index (κ1) is 17.5. The quantitative estimate of drug-likeness (QED) is 0.811. The molecule has 1 heterocycles. The van der Waals surface area contributed by atoms with E-state index in [-0.39, 0.29) is 29.2 Å². The molecule has 2 N–H and O–H groups in total. The van der Waals surface area contributed by atoms with Crippen LogP contribution in [0.5, 0.6) is 0 Å². The summed E-state index contributed by atoms with van der Waals surface area (Å²) in [6.07, 6.45) is 7.21. The predicted molar refractivity (Wildman–Crippen MR) is 89.8 cm³/mol. The predicted octanol–water partition coefficient (Wildman–Crippen LogP) is 2.76. The number of amides is 2. The summed E-state index contributed by atoms with van der Waals surface area (Å²) in [5.41, 5.74) is -0.485. The Hall–Kier alpha value is -1.30. The van der Waals surface area contributed by atoms with E-state index in [1.54, 1.807) is 0 Å².